The first-order chi connectivity index (χ1) is 7.13. The first kappa shape index (κ1) is 9.92. The number of hydrogen-bond acceptors (Lipinski definition) is 3. The molecule has 0 bridgehead atoms. The zero-order valence-electron chi connectivity index (χ0n) is 7.95. The zero-order valence-corrected chi connectivity index (χ0v) is 8.71. The Kier molecular flexibility index (Phi) is 2.32. The second-order valence-corrected chi connectivity index (χ2v) is 3.47. The molecule has 0 unspecified atom stereocenters. The third kappa shape index (κ3) is 1.55. The van der Waals surface area contributed by atoms with Crippen LogP contribution in [0.2, 0.25) is 0 Å². The molecule has 0 saturated heterocycles. The van der Waals surface area contributed by atoms with Crippen molar-refractivity contribution >= 4 is 28.3 Å². The van der Waals surface area contributed by atoms with Gasteiger partial charge in [-0.2, -0.15) is 0 Å². The molecule has 0 saturated carbocycles. The summed E-state index contributed by atoms with van der Waals surface area (Å²) in [6.45, 7) is 1.69. The highest BCUT2D eigenvalue weighted by Gasteiger charge is 2.18. The number of nitrogens with zero attached hydrogens (tertiary/aromatic N) is 2. The van der Waals surface area contributed by atoms with Crippen molar-refractivity contribution in [2.75, 3.05) is 0 Å². The van der Waals surface area contributed by atoms with Crippen LogP contribution < -0.4 is 0 Å². The number of aromatic nitrogens is 2. The summed E-state index contributed by atoms with van der Waals surface area (Å²) < 4.78 is 0. The summed E-state index contributed by atoms with van der Waals surface area (Å²) in [5.74, 6) is 0.755. The van der Waals surface area contributed by atoms with E-state index in [2.05, 4.69) is 9.97 Å². The number of nitrogens with one attached hydrogen (secondary N) is 1. The van der Waals surface area contributed by atoms with E-state index in [0.29, 0.717) is 22.4 Å². The lowest BCUT2D eigenvalue weighted by Gasteiger charge is -1.96. The summed E-state index contributed by atoms with van der Waals surface area (Å²) in [4.78, 5) is 17.4. The van der Waals surface area contributed by atoms with Gasteiger partial charge in [0.25, 0.3) is 5.69 Å². The quantitative estimate of drug-likeness (QED) is 0.485. The average Bonchev–Trinajstić information content (AvgIpc) is 2.59. The molecule has 0 amide bonds. The lowest BCUT2D eigenvalue weighted by molar-refractivity contribution is -0.383. The summed E-state index contributed by atoms with van der Waals surface area (Å²) in [5, 5.41) is 10.9. The molecule has 1 aromatic carbocycles. The van der Waals surface area contributed by atoms with Gasteiger partial charge in [-0.3, -0.25) is 10.1 Å². The Morgan fingerprint density at radius 2 is 2.33 bits per heavy atom. The summed E-state index contributed by atoms with van der Waals surface area (Å²) in [6.07, 6.45) is 0. The van der Waals surface area contributed by atoms with Crippen molar-refractivity contribution in [1.82, 2.24) is 9.97 Å². The van der Waals surface area contributed by atoms with E-state index in [1.54, 1.807) is 19.1 Å². The number of alkyl halides is 1. The smallest absolute Gasteiger partial charge is 0.299 e. The maximum Gasteiger partial charge on any atom is 0.299 e. The van der Waals surface area contributed by atoms with E-state index in [1.807, 2.05) is 0 Å². The van der Waals surface area contributed by atoms with Crippen LogP contribution in [0.1, 0.15) is 11.4 Å². The molecular formula is C9H8ClN3O2. The number of aryl methyl sites for hydroxylation is 1. The molecule has 0 fully saturated rings. The van der Waals surface area contributed by atoms with E-state index >= 15 is 0 Å². The number of halogens is 1. The van der Waals surface area contributed by atoms with Gasteiger partial charge in [-0.05, 0) is 13.0 Å². The molecule has 78 valence electrons. The van der Waals surface area contributed by atoms with E-state index < -0.39 is 4.92 Å². The normalized spacial score (nSPS) is 10.8. The number of imidazole rings is 1. The Balaban J connectivity index is 2.80. The Morgan fingerprint density at radius 3 is 2.93 bits per heavy atom. The van der Waals surface area contributed by atoms with Crippen molar-refractivity contribution < 1.29 is 4.92 Å². The maximum atomic E-state index is 10.9. The minimum atomic E-state index is -0.420. The molecule has 0 aliphatic rings. The highest BCUT2D eigenvalue weighted by Crippen LogP contribution is 2.27. The first-order valence-electron chi connectivity index (χ1n) is 4.32. The monoisotopic (exact) mass is 225 g/mol. The number of H-pyrrole nitrogens is 1. The SMILES string of the molecule is Cc1ccc2[nH]c(CCl)nc2c1[N+](=O)[O-]. The second-order valence-electron chi connectivity index (χ2n) is 3.20. The number of aromatic amines is 1. The number of nitro benzene ring substituents is 1. The standard InChI is InChI=1S/C9H8ClN3O2/c1-5-2-3-6-8(9(5)13(14)15)12-7(4-10)11-6/h2-3H,4H2,1H3,(H,11,12). The molecule has 0 aliphatic heterocycles. The maximum absolute atomic E-state index is 10.9. The summed E-state index contributed by atoms with van der Waals surface area (Å²) in [6, 6.07) is 3.46. The topological polar surface area (TPSA) is 71.8 Å². The van der Waals surface area contributed by atoms with E-state index in [-0.39, 0.29) is 11.6 Å². The molecule has 1 heterocycles. The molecule has 6 heteroatoms. The van der Waals surface area contributed by atoms with E-state index in [0.717, 1.165) is 0 Å². The number of nitro groups is 1. The van der Waals surface area contributed by atoms with Gasteiger partial charge in [-0.1, -0.05) is 6.07 Å². The van der Waals surface area contributed by atoms with Gasteiger partial charge in [0.2, 0.25) is 0 Å². The fourth-order valence-electron chi connectivity index (χ4n) is 1.51. The van der Waals surface area contributed by atoms with Crippen LogP contribution in [0.3, 0.4) is 0 Å². The predicted molar refractivity (Wildman–Crippen MR) is 57.0 cm³/mol. The lowest BCUT2D eigenvalue weighted by Crippen LogP contribution is -1.92. The second kappa shape index (κ2) is 3.51. The van der Waals surface area contributed by atoms with Gasteiger partial charge in [-0.25, -0.2) is 4.98 Å². The molecule has 2 aromatic rings. The first-order valence-corrected chi connectivity index (χ1v) is 4.85. The number of fused-ring (bicyclic) bond motifs is 1. The number of rotatable bonds is 2. The Labute approximate surface area is 90.2 Å². The number of benzene rings is 1. The van der Waals surface area contributed by atoms with Crippen molar-refractivity contribution in [2.24, 2.45) is 0 Å². The third-order valence-corrected chi connectivity index (χ3v) is 2.44. The van der Waals surface area contributed by atoms with E-state index in [1.165, 1.54) is 0 Å². The molecule has 0 aliphatic carbocycles. The van der Waals surface area contributed by atoms with Crippen LogP contribution in [-0.4, -0.2) is 14.9 Å². The van der Waals surface area contributed by atoms with Crippen molar-refractivity contribution in [3.63, 3.8) is 0 Å². The van der Waals surface area contributed by atoms with Gasteiger partial charge in [0.1, 0.15) is 5.82 Å². The average molecular weight is 226 g/mol. The minimum absolute atomic E-state index is 0.0418. The van der Waals surface area contributed by atoms with Gasteiger partial charge in [0.15, 0.2) is 5.52 Å². The fourth-order valence-corrected chi connectivity index (χ4v) is 1.63. The van der Waals surface area contributed by atoms with Crippen LogP contribution in [0.15, 0.2) is 12.1 Å². The molecule has 1 N–H and O–H groups in total. The van der Waals surface area contributed by atoms with Crippen molar-refractivity contribution in [3.05, 3.63) is 33.6 Å². The molecule has 0 spiro atoms. The van der Waals surface area contributed by atoms with Crippen molar-refractivity contribution in [3.8, 4) is 0 Å². The van der Waals surface area contributed by atoms with Gasteiger partial charge >= 0.3 is 0 Å². The Hall–Kier alpha value is -1.62. The third-order valence-electron chi connectivity index (χ3n) is 2.19. The van der Waals surface area contributed by atoms with Crippen LogP contribution in [0, 0.1) is 17.0 Å². The lowest BCUT2D eigenvalue weighted by atomic mass is 10.2. The van der Waals surface area contributed by atoms with Crippen LogP contribution in [0.4, 0.5) is 5.69 Å². The summed E-state index contributed by atoms with van der Waals surface area (Å²) in [5.41, 5.74) is 1.65. The van der Waals surface area contributed by atoms with Gasteiger partial charge in [0, 0.05) is 5.56 Å². The van der Waals surface area contributed by atoms with Crippen LogP contribution in [0.25, 0.3) is 11.0 Å². The Bertz CT molecular complexity index is 535. The predicted octanol–water partition coefficient (Wildman–Crippen LogP) is 2.52. The van der Waals surface area contributed by atoms with Gasteiger partial charge in [0.05, 0.1) is 16.3 Å². The molecule has 0 atom stereocenters. The molecule has 1 aromatic heterocycles. The van der Waals surface area contributed by atoms with Crippen molar-refractivity contribution in [1.29, 1.82) is 0 Å². The van der Waals surface area contributed by atoms with Crippen molar-refractivity contribution in [2.45, 2.75) is 12.8 Å². The summed E-state index contributed by atoms with van der Waals surface area (Å²) >= 11 is 5.61. The fraction of sp³-hybridized carbons (Fsp3) is 0.222. The minimum Gasteiger partial charge on any atom is -0.341 e. The van der Waals surface area contributed by atoms with E-state index in [9.17, 15) is 10.1 Å². The van der Waals surface area contributed by atoms with Crippen LogP contribution in [-0.2, 0) is 5.88 Å². The Morgan fingerprint density at radius 1 is 1.60 bits per heavy atom. The highest BCUT2D eigenvalue weighted by atomic mass is 35.5. The largest absolute Gasteiger partial charge is 0.341 e. The van der Waals surface area contributed by atoms with Gasteiger partial charge in [-0.15, -0.1) is 11.6 Å². The van der Waals surface area contributed by atoms with Gasteiger partial charge < -0.3 is 4.98 Å². The van der Waals surface area contributed by atoms with Crippen LogP contribution >= 0.6 is 11.6 Å². The highest BCUT2D eigenvalue weighted by molar-refractivity contribution is 6.16. The van der Waals surface area contributed by atoms with E-state index in [4.69, 9.17) is 11.6 Å². The number of hydrogen-bond donors (Lipinski definition) is 1. The summed E-state index contributed by atoms with van der Waals surface area (Å²) in [7, 11) is 0. The molecule has 2 rings (SSSR count). The molecular weight excluding hydrogens is 218 g/mol. The van der Waals surface area contributed by atoms with Crippen LogP contribution in [0.5, 0.6) is 0 Å². The molecule has 0 radical (unpaired) electrons. The molecule has 5 nitrogen and oxygen atoms in total. The zero-order chi connectivity index (χ0) is 11.0. The molecule has 15 heavy (non-hydrogen) atoms.